The topological polar surface area (TPSA) is 292 Å². The van der Waals surface area contributed by atoms with E-state index in [0.29, 0.717) is 31.5 Å². The molecule has 11 atom stereocenters. The van der Waals surface area contributed by atoms with Gasteiger partial charge in [0, 0.05) is 51.4 Å². The van der Waals surface area contributed by atoms with Gasteiger partial charge < -0.3 is 66.9 Å². The third-order valence-electron chi connectivity index (χ3n) is 15.3. The quantitative estimate of drug-likeness (QED) is 0.0746. The first-order chi connectivity index (χ1) is 30.4. The number of aryl methyl sites for hydroxylation is 1. The number of nitrogens with one attached hydrogen (secondary N) is 6. The summed E-state index contributed by atoms with van der Waals surface area (Å²) < 4.78 is 5.59. The van der Waals surface area contributed by atoms with E-state index in [1.807, 2.05) is 0 Å². The Bertz CT molecular complexity index is 2080. The van der Waals surface area contributed by atoms with Crippen molar-refractivity contribution in [1.29, 1.82) is 0 Å². The minimum Gasteiger partial charge on any atom is -0.504 e. The summed E-state index contributed by atoms with van der Waals surface area (Å²) in [5.41, 5.74) is -1.36. The summed E-state index contributed by atoms with van der Waals surface area (Å²) in [6.45, 7) is 9.66. The van der Waals surface area contributed by atoms with E-state index >= 15 is 0 Å². The number of hydrogen-bond donors (Lipinski definition) is 12. The Morgan fingerprint density at radius 3 is 2.00 bits per heavy atom. The maximum Gasteiger partial charge on any atom is 0.291 e. The summed E-state index contributed by atoms with van der Waals surface area (Å²) in [5, 5.41) is 78.3. The Hall–Kier alpha value is -4.75. The highest BCUT2D eigenvalue weighted by atomic mass is 16.5. The van der Waals surface area contributed by atoms with Gasteiger partial charge in [-0.2, -0.15) is 0 Å². The number of hydrogen-bond acceptors (Lipinski definition) is 13. The number of aromatic nitrogens is 1. The van der Waals surface area contributed by atoms with Crippen molar-refractivity contribution in [3.05, 3.63) is 50.9 Å². The number of carbonyl (C=O) groups excluding carboxylic acids is 4. The fraction of sp³-hybridized carbons (Fsp3) is 0.674. The lowest BCUT2D eigenvalue weighted by atomic mass is 9.43. The molecule has 4 aliphatic carbocycles. The highest BCUT2D eigenvalue weighted by Crippen LogP contribution is 2.68. The summed E-state index contributed by atoms with van der Waals surface area (Å²) in [4.78, 5) is 64.8. The fourth-order valence-corrected chi connectivity index (χ4v) is 12.0. The van der Waals surface area contributed by atoms with Crippen LogP contribution in [0.5, 0.6) is 17.2 Å². The van der Waals surface area contributed by atoms with Crippen molar-refractivity contribution in [2.24, 2.45) is 46.3 Å². The van der Waals surface area contributed by atoms with E-state index in [4.69, 9.17) is 4.74 Å². The molecule has 18 nitrogen and oxygen atoms in total. The molecule has 6 unspecified atom stereocenters. The summed E-state index contributed by atoms with van der Waals surface area (Å²) in [7, 11) is 0. The Kier molecular flexibility index (Phi) is 15.7. The van der Waals surface area contributed by atoms with Crippen LogP contribution in [0.3, 0.4) is 0 Å². The number of pyridine rings is 1. The van der Waals surface area contributed by atoms with Crippen molar-refractivity contribution in [3.63, 3.8) is 0 Å². The van der Waals surface area contributed by atoms with Crippen LogP contribution in [0, 0.1) is 53.3 Å². The average molecular weight is 897 g/mol. The molecule has 6 rings (SSSR count). The van der Waals surface area contributed by atoms with Crippen LogP contribution in [0.25, 0.3) is 0 Å². The van der Waals surface area contributed by atoms with Gasteiger partial charge in [-0.05, 0) is 116 Å². The molecule has 0 aliphatic heterocycles. The molecule has 0 bridgehead atoms. The van der Waals surface area contributed by atoms with Crippen molar-refractivity contribution in [2.45, 2.75) is 97.4 Å². The predicted octanol–water partition coefficient (Wildman–Crippen LogP) is 1.40. The number of fused-ring (bicyclic) bond motifs is 5. The number of aliphatic hydroxyl groups excluding tert-OH is 3. The van der Waals surface area contributed by atoms with Crippen molar-refractivity contribution in [1.82, 2.24) is 31.6 Å². The number of carbonyl (C=O) groups is 4. The summed E-state index contributed by atoms with van der Waals surface area (Å²) in [6, 6.07) is 3.79. The Labute approximate surface area is 373 Å². The molecular weight excluding hydrogens is 829 g/mol. The standard InChI is InChI=1S/C46H68N6O12/c1-24(31-7-8-32-37-33(23-35(55)46(31,32)4)45(3)10-9-27(53)21-26(45)22-34(37)54)19-36(56)48-15-17-64-18-16-51-42(61)29-6-5-28(38(57)39(29)58)41(60)49-13-11-47-12-14-50-43(62)30-20-25(2)52-44(63)40(30)59/h5-6,20,24,26-27,31-35,37,47,53-55,57-59H,7-19,21-23H2,1-4H3,(H,48,56)(H,49,60)(H,50,62)(H,51,61)(H,52,63)/t24?,26?,27-,31?,32?,33?,34-,35+,37?,45+,46-/m0/s1. The average Bonchev–Trinajstić information content (AvgIpc) is 3.61. The lowest BCUT2D eigenvalue weighted by Gasteiger charge is -2.63. The van der Waals surface area contributed by atoms with Crippen LogP contribution in [-0.4, -0.2) is 130 Å². The van der Waals surface area contributed by atoms with Gasteiger partial charge in [-0.25, -0.2) is 0 Å². The van der Waals surface area contributed by atoms with Gasteiger partial charge in [-0.15, -0.1) is 0 Å². The SMILES string of the molecule is Cc1cc(C(=O)NCCNCCNC(=O)c2ccc(C(=O)NCCOCCNC(=O)CC(C)C3CCC4C5C(C[C@@H](O)[C@@]34C)[C@]3(C)CC[C@H](O)CC3C[C@@H]5O)c(O)c2O)c(O)c(=O)[nH]1. The monoisotopic (exact) mass is 896 g/mol. The molecule has 0 radical (unpaired) electrons. The Morgan fingerprint density at radius 2 is 1.36 bits per heavy atom. The second kappa shape index (κ2) is 20.6. The van der Waals surface area contributed by atoms with Crippen molar-refractivity contribution >= 4 is 23.6 Å². The van der Waals surface area contributed by atoms with Gasteiger partial charge in [0.1, 0.15) is 0 Å². The third kappa shape index (κ3) is 10.2. The smallest absolute Gasteiger partial charge is 0.291 e. The first-order valence-electron chi connectivity index (χ1n) is 22.8. The molecule has 1 aromatic carbocycles. The second-order valence-electron chi connectivity index (χ2n) is 19.1. The molecule has 12 N–H and O–H groups in total. The lowest BCUT2D eigenvalue weighted by Crippen LogP contribution is -2.62. The summed E-state index contributed by atoms with van der Waals surface area (Å²) >= 11 is 0. The second-order valence-corrected chi connectivity index (χ2v) is 19.1. The van der Waals surface area contributed by atoms with Crippen LogP contribution in [0.2, 0.25) is 0 Å². The number of ether oxygens (including phenoxy) is 1. The number of H-pyrrole nitrogens is 1. The largest absolute Gasteiger partial charge is 0.504 e. The number of phenols is 2. The zero-order valence-corrected chi connectivity index (χ0v) is 37.4. The minimum atomic E-state index is -0.762. The number of aromatic hydroxyl groups is 3. The highest BCUT2D eigenvalue weighted by molar-refractivity contribution is 6.02. The molecule has 4 aliphatic rings. The highest BCUT2D eigenvalue weighted by Gasteiger charge is 2.65. The molecule has 64 heavy (non-hydrogen) atoms. The minimum absolute atomic E-state index is 0.00119. The molecular formula is C46H68N6O12. The number of phenolic OH excluding ortho intramolecular Hbond substituents is 2. The Morgan fingerprint density at radius 1 is 0.766 bits per heavy atom. The molecule has 1 heterocycles. The van der Waals surface area contributed by atoms with Crippen LogP contribution >= 0.6 is 0 Å². The maximum absolute atomic E-state index is 13.1. The van der Waals surface area contributed by atoms with Crippen LogP contribution in [-0.2, 0) is 9.53 Å². The number of aliphatic hydroxyl groups is 3. The zero-order chi connectivity index (χ0) is 46.5. The lowest BCUT2D eigenvalue weighted by molar-refractivity contribution is -0.207. The Balaban J connectivity index is 0.851. The first kappa shape index (κ1) is 48.7. The van der Waals surface area contributed by atoms with E-state index in [1.165, 1.54) is 18.2 Å². The van der Waals surface area contributed by atoms with E-state index in [2.05, 4.69) is 52.3 Å². The number of benzene rings is 1. The van der Waals surface area contributed by atoms with E-state index in [1.54, 1.807) is 6.92 Å². The van der Waals surface area contributed by atoms with Crippen molar-refractivity contribution in [2.75, 3.05) is 52.5 Å². The summed E-state index contributed by atoms with van der Waals surface area (Å²) in [5.74, 6) is -3.41. The van der Waals surface area contributed by atoms with Crippen LogP contribution in [0.4, 0.5) is 0 Å². The summed E-state index contributed by atoms with van der Waals surface area (Å²) in [6.07, 6.45) is 4.58. The zero-order valence-electron chi connectivity index (χ0n) is 37.4. The number of amides is 4. The van der Waals surface area contributed by atoms with Gasteiger partial charge in [-0.1, -0.05) is 20.8 Å². The normalized spacial score (nSPS) is 30.0. The molecule has 354 valence electrons. The number of rotatable bonds is 18. The van der Waals surface area contributed by atoms with Gasteiger partial charge in [0.15, 0.2) is 17.2 Å². The maximum atomic E-state index is 13.1. The molecule has 1 aromatic heterocycles. The third-order valence-corrected chi connectivity index (χ3v) is 15.3. The molecule has 4 saturated carbocycles. The van der Waals surface area contributed by atoms with Gasteiger partial charge in [0.2, 0.25) is 5.91 Å². The van der Waals surface area contributed by atoms with E-state index < -0.39 is 58.2 Å². The van der Waals surface area contributed by atoms with Gasteiger partial charge in [0.05, 0.1) is 48.2 Å². The van der Waals surface area contributed by atoms with Gasteiger partial charge in [-0.3, -0.25) is 24.0 Å². The molecule has 0 saturated heterocycles. The molecule has 0 spiro atoms. The van der Waals surface area contributed by atoms with Gasteiger partial charge in [0.25, 0.3) is 23.3 Å². The van der Waals surface area contributed by atoms with E-state index in [-0.39, 0.29) is 116 Å². The van der Waals surface area contributed by atoms with Crippen molar-refractivity contribution in [3.8, 4) is 17.2 Å². The number of aromatic amines is 1. The molecule has 2 aromatic rings. The van der Waals surface area contributed by atoms with Crippen LogP contribution < -0.4 is 32.1 Å². The molecule has 4 amide bonds. The van der Waals surface area contributed by atoms with Crippen LogP contribution in [0.15, 0.2) is 23.0 Å². The van der Waals surface area contributed by atoms with E-state index in [9.17, 15) is 54.6 Å². The molecule has 4 fully saturated rings. The van der Waals surface area contributed by atoms with Gasteiger partial charge >= 0.3 is 0 Å². The molecule has 18 heteroatoms. The predicted molar refractivity (Wildman–Crippen MR) is 235 cm³/mol. The first-order valence-corrected chi connectivity index (χ1v) is 22.8. The van der Waals surface area contributed by atoms with Crippen LogP contribution in [0.1, 0.15) is 109 Å². The van der Waals surface area contributed by atoms with Crippen molar-refractivity contribution < 1.29 is 54.6 Å². The fourth-order valence-electron chi connectivity index (χ4n) is 12.0. The van der Waals surface area contributed by atoms with E-state index in [0.717, 1.165) is 32.1 Å².